The van der Waals surface area contributed by atoms with Gasteiger partial charge in [-0.1, -0.05) is 17.3 Å². The summed E-state index contributed by atoms with van der Waals surface area (Å²) in [5.74, 6) is 0.901. The highest BCUT2D eigenvalue weighted by Crippen LogP contribution is 2.40. The summed E-state index contributed by atoms with van der Waals surface area (Å²) in [5, 5.41) is 16.1. The third kappa shape index (κ3) is 2.57. The van der Waals surface area contributed by atoms with E-state index < -0.39 is 0 Å². The van der Waals surface area contributed by atoms with Crippen molar-refractivity contribution >= 4 is 11.8 Å². The highest BCUT2D eigenvalue weighted by Gasteiger charge is 2.47. The third-order valence-corrected chi connectivity index (χ3v) is 4.67. The summed E-state index contributed by atoms with van der Waals surface area (Å²) in [6.45, 7) is 1.22. The number of carbonyl (C=O) groups excluding carboxylic acids is 1. The van der Waals surface area contributed by atoms with Crippen molar-refractivity contribution in [3.63, 3.8) is 0 Å². The lowest BCUT2D eigenvalue weighted by atomic mass is 9.74. The molecule has 0 bridgehead atoms. The number of anilines is 1. The smallest absolute Gasteiger partial charge is 0.323 e. The molecule has 4 rings (SSSR count). The monoisotopic (exact) mass is 317 g/mol. The molecule has 3 atom stereocenters. The highest BCUT2D eigenvalue weighted by molar-refractivity contribution is 5.89. The second kappa shape index (κ2) is 5.34. The van der Waals surface area contributed by atoms with Crippen LogP contribution in [-0.2, 0) is 0 Å². The fraction of sp³-hybridized carbons (Fsp3) is 0.375. The van der Waals surface area contributed by atoms with Crippen LogP contribution in [0.5, 0.6) is 0 Å². The molecule has 3 unspecified atom stereocenters. The van der Waals surface area contributed by atoms with Gasteiger partial charge in [0, 0.05) is 30.6 Å². The Labute approximate surface area is 131 Å². The molecule has 7 heteroatoms. The summed E-state index contributed by atoms with van der Waals surface area (Å²) in [4.78, 5) is 13.9. The number of likely N-dealkylation sites (tertiary alicyclic amines) is 1. The zero-order valence-corrected chi connectivity index (χ0v) is 12.3. The molecule has 1 aliphatic carbocycles. The third-order valence-electron chi connectivity index (χ3n) is 4.67. The van der Waals surface area contributed by atoms with E-state index in [-0.39, 0.29) is 29.7 Å². The van der Waals surface area contributed by atoms with Gasteiger partial charge in [0.05, 0.1) is 6.10 Å². The van der Waals surface area contributed by atoms with Crippen LogP contribution >= 0.6 is 0 Å². The van der Waals surface area contributed by atoms with Gasteiger partial charge in [-0.2, -0.15) is 0 Å². The predicted molar refractivity (Wildman–Crippen MR) is 80.1 cm³/mol. The molecule has 1 aromatic heterocycles. The number of hydrogen-bond donors (Lipinski definition) is 2. The van der Waals surface area contributed by atoms with E-state index in [9.17, 15) is 14.3 Å². The van der Waals surface area contributed by atoms with Crippen molar-refractivity contribution in [2.24, 2.45) is 11.8 Å². The average Bonchev–Trinajstić information content (AvgIpc) is 3.11. The summed E-state index contributed by atoms with van der Waals surface area (Å²) >= 11 is 0. The Kier molecular flexibility index (Phi) is 3.30. The number of amides is 2. The Bertz CT molecular complexity index is 748. The normalized spacial score (nSPS) is 25.8. The Hall–Kier alpha value is -2.41. The van der Waals surface area contributed by atoms with E-state index in [1.54, 1.807) is 23.1 Å². The number of hydrogen-bond acceptors (Lipinski definition) is 4. The number of aliphatic hydroxyl groups excluding tert-OH is 1. The minimum absolute atomic E-state index is 0.195. The number of fused-ring (bicyclic) bond motifs is 1. The van der Waals surface area contributed by atoms with Crippen molar-refractivity contribution in [2.75, 3.05) is 18.4 Å². The van der Waals surface area contributed by atoms with Crippen molar-refractivity contribution in [2.45, 2.75) is 12.5 Å². The molecule has 2 aliphatic rings. The first-order valence-electron chi connectivity index (χ1n) is 7.57. The first-order valence-corrected chi connectivity index (χ1v) is 7.57. The number of rotatable bonds is 2. The molecule has 0 radical (unpaired) electrons. The lowest BCUT2D eigenvalue weighted by molar-refractivity contribution is -0.00421. The van der Waals surface area contributed by atoms with Gasteiger partial charge in [-0.25, -0.2) is 9.18 Å². The molecule has 2 N–H and O–H groups in total. The molecule has 2 amide bonds. The van der Waals surface area contributed by atoms with E-state index in [4.69, 9.17) is 4.52 Å². The van der Waals surface area contributed by atoms with Gasteiger partial charge in [0.2, 0.25) is 0 Å². The quantitative estimate of drug-likeness (QED) is 0.891. The molecule has 1 saturated heterocycles. The van der Waals surface area contributed by atoms with Gasteiger partial charge in [-0.05, 0) is 24.5 Å². The molecule has 23 heavy (non-hydrogen) atoms. The van der Waals surface area contributed by atoms with Gasteiger partial charge < -0.3 is 14.5 Å². The molecule has 2 fully saturated rings. The van der Waals surface area contributed by atoms with E-state index in [2.05, 4.69) is 10.5 Å². The van der Waals surface area contributed by atoms with E-state index >= 15 is 0 Å². The predicted octanol–water partition coefficient (Wildman–Crippen LogP) is 2.33. The van der Waals surface area contributed by atoms with Gasteiger partial charge in [0.25, 0.3) is 0 Å². The number of aliphatic hydroxyl groups is 1. The van der Waals surface area contributed by atoms with Crippen molar-refractivity contribution in [3.05, 3.63) is 36.1 Å². The highest BCUT2D eigenvalue weighted by atomic mass is 19.1. The number of urea groups is 1. The number of nitrogens with zero attached hydrogens (tertiary/aromatic N) is 2. The fourth-order valence-corrected chi connectivity index (χ4v) is 3.34. The molecule has 0 spiro atoms. The minimum atomic E-state index is -0.365. The van der Waals surface area contributed by atoms with Crippen LogP contribution in [0.3, 0.4) is 0 Å². The van der Waals surface area contributed by atoms with Crippen LogP contribution in [0.15, 0.2) is 34.9 Å². The van der Waals surface area contributed by atoms with Crippen molar-refractivity contribution in [1.29, 1.82) is 0 Å². The van der Waals surface area contributed by atoms with Crippen LogP contribution in [0.2, 0.25) is 0 Å². The molecule has 2 heterocycles. The van der Waals surface area contributed by atoms with Gasteiger partial charge in [-0.15, -0.1) is 0 Å². The van der Waals surface area contributed by atoms with E-state index in [0.29, 0.717) is 30.3 Å². The second-order valence-electron chi connectivity index (χ2n) is 6.15. The molecule has 2 aromatic rings. The standard InChI is InChI=1S/C16H16FN3O3/c17-11-3-1-2-9(4-11)14-6-15(19-23-14)18-16(22)20-7-10-5-13(21)12(10)8-20/h1-4,6,10,12-13,21H,5,7-8H2,(H,18,19,22). The van der Waals surface area contributed by atoms with E-state index in [0.717, 1.165) is 6.42 Å². The van der Waals surface area contributed by atoms with Crippen LogP contribution < -0.4 is 5.32 Å². The summed E-state index contributed by atoms with van der Waals surface area (Å²) in [7, 11) is 0. The Morgan fingerprint density at radius 1 is 1.39 bits per heavy atom. The molecule has 1 aliphatic heterocycles. The molecular formula is C16H16FN3O3. The summed E-state index contributed by atoms with van der Waals surface area (Å²) < 4.78 is 18.4. The van der Waals surface area contributed by atoms with E-state index in [1.807, 2.05) is 0 Å². The zero-order valence-electron chi connectivity index (χ0n) is 12.3. The van der Waals surface area contributed by atoms with Crippen molar-refractivity contribution < 1.29 is 18.8 Å². The maximum atomic E-state index is 13.2. The van der Waals surface area contributed by atoms with Gasteiger partial charge >= 0.3 is 6.03 Å². The Morgan fingerprint density at radius 2 is 2.26 bits per heavy atom. The summed E-state index contributed by atoms with van der Waals surface area (Å²) in [5.41, 5.74) is 0.556. The van der Waals surface area contributed by atoms with Crippen molar-refractivity contribution in [1.82, 2.24) is 10.1 Å². The largest absolute Gasteiger partial charge is 0.393 e. The Balaban J connectivity index is 1.43. The average molecular weight is 317 g/mol. The number of aromatic nitrogens is 1. The van der Waals surface area contributed by atoms with Crippen LogP contribution in [0.1, 0.15) is 6.42 Å². The minimum Gasteiger partial charge on any atom is -0.393 e. The maximum Gasteiger partial charge on any atom is 0.323 e. The van der Waals surface area contributed by atoms with Crippen molar-refractivity contribution in [3.8, 4) is 11.3 Å². The first kappa shape index (κ1) is 14.2. The van der Waals surface area contributed by atoms with Crippen LogP contribution in [-0.4, -0.2) is 40.4 Å². The first-order chi connectivity index (χ1) is 11.1. The van der Waals surface area contributed by atoms with Gasteiger partial charge in [0.1, 0.15) is 5.82 Å². The van der Waals surface area contributed by atoms with Crippen LogP contribution in [0, 0.1) is 17.7 Å². The molecule has 120 valence electrons. The Morgan fingerprint density at radius 3 is 3.00 bits per heavy atom. The number of halogens is 1. The van der Waals surface area contributed by atoms with Crippen LogP contribution in [0.4, 0.5) is 15.0 Å². The molecular weight excluding hydrogens is 301 g/mol. The summed E-state index contributed by atoms with van der Waals surface area (Å²) in [6, 6.07) is 7.27. The fourth-order valence-electron chi connectivity index (χ4n) is 3.34. The number of carbonyl (C=O) groups is 1. The topological polar surface area (TPSA) is 78.6 Å². The van der Waals surface area contributed by atoms with Gasteiger partial charge in [-0.3, -0.25) is 5.32 Å². The second-order valence-corrected chi connectivity index (χ2v) is 6.15. The maximum absolute atomic E-state index is 13.2. The van der Waals surface area contributed by atoms with Crippen LogP contribution in [0.25, 0.3) is 11.3 Å². The SMILES string of the molecule is O=C(Nc1cc(-c2cccc(F)c2)on1)N1CC2CC(O)C2C1. The van der Waals surface area contributed by atoms with Gasteiger partial charge in [0.15, 0.2) is 11.6 Å². The lowest BCUT2D eigenvalue weighted by Crippen LogP contribution is -2.40. The lowest BCUT2D eigenvalue weighted by Gasteiger charge is -2.34. The summed E-state index contributed by atoms with van der Waals surface area (Å²) in [6.07, 6.45) is 0.478. The van der Waals surface area contributed by atoms with E-state index in [1.165, 1.54) is 12.1 Å². The molecule has 6 nitrogen and oxygen atoms in total. The zero-order chi connectivity index (χ0) is 16.0. The molecule has 1 aromatic carbocycles. The molecule has 1 saturated carbocycles. The number of nitrogens with one attached hydrogen (secondary N) is 1. The number of benzene rings is 1.